The number of hydrazine groups is 1. The molecule has 0 amide bonds. The lowest BCUT2D eigenvalue weighted by Gasteiger charge is -2.21. The fourth-order valence-electron chi connectivity index (χ4n) is 2.24. The van der Waals surface area contributed by atoms with Crippen LogP contribution < -0.4 is 11.3 Å². The zero-order valence-corrected chi connectivity index (χ0v) is 8.84. The SMILES string of the molecule is NNC(CC1CCCCC1)=NC1CC1. The molecule has 0 aliphatic heterocycles. The lowest BCUT2D eigenvalue weighted by molar-refractivity contribution is 0.366. The van der Waals surface area contributed by atoms with Crippen LogP contribution in [0.5, 0.6) is 0 Å². The smallest absolute Gasteiger partial charge is 0.111 e. The highest BCUT2D eigenvalue weighted by Gasteiger charge is 2.22. The maximum absolute atomic E-state index is 5.49. The Morgan fingerprint density at radius 1 is 1.14 bits per heavy atom. The van der Waals surface area contributed by atoms with E-state index in [0.29, 0.717) is 6.04 Å². The molecule has 0 aromatic heterocycles. The second-order valence-corrected chi connectivity index (χ2v) is 4.66. The number of aliphatic imine (C=N–C) groups is 1. The molecular weight excluding hydrogens is 174 g/mol. The summed E-state index contributed by atoms with van der Waals surface area (Å²) >= 11 is 0. The average molecular weight is 195 g/mol. The van der Waals surface area contributed by atoms with Crippen LogP contribution in [0.15, 0.2) is 4.99 Å². The van der Waals surface area contributed by atoms with Gasteiger partial charge in [0.25, 0.3) is 0 Å². The van der Waals surface area contributed by atoms with Crippen molar-refractivity contribution in [2.45, 2.75) is 57.4 Å². The predicted molar refractivity (Wildman–Crippen MR) is 59.0 cm³/mol. The number of hydrogen-bond acceptors (Lipinski definition) is 2. The molecule has 0 atom stereocenters. The van der Waals surface area contributed by atoms with Crippen molar-refractivity contribution in [3.05, 3.63) is 0 Å². The fourth-order valence-corrected chi connectivity index (χ4v) is 2.24. The standard InChI is InChI=1S/C11H21N3/c12-14-11(13-10-6-7-10)8-9-4-2-1-3-5-9/h9-10H,1-8,12H2,(H,13,14). The van der Waals surface area contributed by atoms with Gasteiger partial charge in [0, 0.05) is 6.42 Å². The minimum atomic E-state index is 0.588. The molecule has 0 aromatic carbocycles. The number of nitrogens with one attached hydrogen (secondary N) is 1. The van der Waals surface area contributed by atoms with E-state index in [2.05, 4.69) is 10.4 Å². The lowest BCUT2D eigenvalue weighted by Crippen LogP contribution is -2.32. The first kappa shape index (κ1) is 9.97. The Kier molecular flexibility index (Phi) is 3.40. The molecule has 2 fully saturated rings. The Morgan fingerprint density at radius 3 is 2.43 bits per heavy atom. The van der Waals surface area contributed by atoms with Crippen LogP contribution in [0.25, 0.3) is 0 Å². The average Bonchev–Trinajstić information content (AvgIpc) is 3.02. The monoisotopic (exact) mass is 195 g/mol. The van der Waals surface area contributed by atoms with Gasteiger partial charge in [0.15, 0.2) is 0 Å². The summed E-state index contributed by atoms with van der Waals surface area (Å²) in [7, 11) is 0. The van der Waals surface area contributed by atoms with Crippen molar-refractivity contribution in [3.8, 4) is 0 Å². The molecule has 2 aliphatic rings. The molecule has 0 unspecified atom stereocenters. The molecule has 0 spiro atoms. The van der Waals surface area contributed by atoms with E-state index in [4.69, 9.17) is 5.84 Å². The van der Waals surface area contributed by atoms with Gasteiger partial charge in [0.05, 0.1) is 6.04 Å². The third-order valence-corrected chi connectivity index (χ3v) is 3.26. The van der Waals surface area contributed by atoms with Gasteiger partial charge in [0.2, 0.25) is 0 Å². The number of nitrogens with two attached hydrogens (primary N) is 1. The van der Waals surface area contributed by atoms with Crippen molar-refractivity contribution in [2.75, 3.05) is 0 Å². The molecule has 2 rings (SSSR count). The Balaban J connectivity index is 1.80. The van der Waals surface area contributed by atoms with E-state index in [1.165, 1.54) is 44.9 Å². The van der Waals surface area contributed by atoms with E-state index in [9.17, 15) is 0 Å². The highest BCUT2D eigenvalue weighted by atomic mass is 15.3. The van der Waals surface area contributed by atoms with Crippen molar-refractivity contribution in [3.63, 3.8) is 0 Å². The predicted octanol–water partition coefficient (Wildman–Crippen LogP) is 1.98. The summed E-state index contributed by atoms with van der Waals surface area (Å²) in [6.45, 7) is 0. The van der Waals surface area contributed by atoms with Crippen LogP contribution in [-0.2, 0) is 0 Å². The second kappa shape index (κ2) is 4.78. The molecule has 2 saturated carbocycles. The van der Waals surface area contributed by atoms with E-state index in [-0.39, 0.29) is 0 Å². The summed E-state index contributed by atoms with van der Waals surface area (Å²) < 4.78 is 0. The summed E-state index contributed by atoms with van der Waals surface area (Å²) in [5.41, 5.74) is 2.77. The van der Waals surface area contributed by atoms with Gasteiger partial charge < -0.3 is 5.43 Å². The molecule has 0 aromatic rings. The van der Waals surface area contributed by atoms with Gasteiger partial charge in [0.1, 0.15) is 5.84 Å². The van der Waals surface area contributed by atoms with Crippen LogP contribution in [0.2, 0.25) is 0 Å². The molecule has 3 heteroatoms. The number of amidine groups is 1. The zero-order chi connectivity index (χ0) is 9.80. The van der Waals surface area contributed by atoms with Gasteiger partial charge in [-0.1, -0.05) is 32.1 Å². The maximum atomic E-state index is 5.49. The van der Waals surface area contributed by atoms with Gasteiger partial charge in [-0.2, -0.15) is 0 Å². The first-order valence-corrected chi connectivity index (χ1v) is 5.92. The normalized spacial score (nSPS) is 25.1. The molecule has 3 nitrogen and oxygen atoms in total. The quantitative estimate of drug-likeness (QED) is 0.313. The summed E-state index contributed by atoms with van der Waals surface area (Å²) in [4.78, 5) is 4.58. The second-order valence-electron chi connectivity index (χ2n) is 4.66. The van der Waals surface area contributed by atoms with Crippen molar-refractivity contribution >= 4 is 5.84 Å². The minimum absolute atomic E-state index is 0.588. The van der Waals surface area contributed by atoms with Crippen LogP contribution >= 0.6 is 0 Å². The van der Waals surface area contributed by atoms with E-state index in [1.54, 1.807) is 0 Å². The van der Waals surface area contributed by atoms with E-state index in [1.807, 2.05) is 0 Å². The molecule has 2 aliphatic carbocycles. The van der Waals surface area contributed by atoms with Crippen molar-refractivity contribution in [2.24, 2.45) is 16.8 Å². The Bertz CT molecular complexity index is 203. The van der Waals surface area contributed by atoms with Gasteiger partial charge >= 0.3 is 0 Å². The Labute approximate surface area is 86.1 Å². The Morgan fingerprint density at radius 2 is 1.86 bits per heavy atom. The minimum Gasteiger partial charge on any atom is -0.312 e. The lowest BCUT2D eigenvalue weighted by atomic mass is 9.87. The van der Waals surface area contributed by atoms with Crippen LogP contribution in [0.1, 0.15) is 51.4 Å². The van der Waals surface area contributed by atoms with Crippen LogP contribution in [0, 0.1) is 5.92 Å². The molecule has 3 N–H and O–H groups in total. The van der Waals surface area contributed by atoms with Gasteiger partial charge in [-0.05, 0) is 18.8 Å². The summed E-state index contributed by atoms with van der Waals surface area (Å²) in [5.74, 6) is 7.36. The molecule has 0 radical (unpaired) electrons. The highest BCUT2D eigenvalue weighted by molar-refractivity contribution is 5.82. The first-order valence-electron chi connectivity index (χ1n) is 5.92. The molecular formula is C11H21N3. The molecule has 14 heavy (non-hydrogen) atoms. The van der Waals surface area contributed by atoms with Crippen LogP contribution in [-0.4, -0.2) is 11.9 Å². The first-order chi connectivity index (χ1) is 6.88. The summed E-state index contributed by atoms with van der Waals surface area (Å²) in [6.07, 6.45) is 10.5. The summed E-state index contributed by atoms with van der Waals surface area (Å²) in [6, 6.07) is 0.588. The zero-order valence-electron chi connectivity index (χ0n) is 8.84. The van der Waals surface area contributed by atoms with Crippen molar-refractivity contribution in [1.82, 2.24) is 5.43 Å². The molecule has 0 heterocycles. The van der Waals surface area contributed by atoms with Gasteiger partial charge in [-0.3, -0.25) is 4.99 Å². The Hall–Kier alpha value is -0.570. The largest absolute Gasteiger partial charge is 0.312 e. The van der Waals surface area contributed by atoms with Gasteiger partial charge in [-0.15, -0.1) is 0 Å². The van der Waals surface area contributed by atoms with E-state index < -0.39 is 0 Å². The van der Waals surface area contributed by atoms with Crippen LogP contribution in [0.3, 0.4) is 0 Å². The molecule has 80 valence electrons. The fraction of sp³-hybridized carbons (Fsp3) is 0.909. The highest BCUT2D eigenvalue weighted by Crippen LogP contribution is 2.28. The third kappa shape index (κ3) is 2.98. The maximum Gasteiger partial charge on any atom is 0.111 e. The van der Waals surface area contributed by atoms with Crippen LogP contribution in [0.4, 0.5) is 0 Å². The van der Waals surface area contributed by atoms with Gasteiger partial charge in [-0.25, -0.2) is 5.84 Å². The van der Waals surface area contributed by atoms with Crippen molar-refractivity contribution in [1.29, 1.82) is 0 Å². The third-order valence-electron chi connectivity index (χ3n) is 3.26. The summed E-state index contributed by atoms with van der Waals surface area (Å²) in [5, 5.41) is 0. The topological polar surface area (TPSA) is 50.4 Å². The number of nitrogens with zero attached hydrogens (tertiary/aromatic N) is 1. The van der Waals surface area contributed by atoms with E-state index >= 15 is 0 Å². The van der Waals surface area contributed by atoms with Crippen molar-refractivity contribution < 1.29 is 0 Å². The van der Waals surface area contributed by atoms with E-state index in [0.717, 1.165) is 18.2 Å². The number of rotatable bonds is 3. The number of hydrogen-bond donors (Lipinski definition) is 2. The molecule has 0 bridgehead atoms. The molecule has 0 saturated heterocycles.